The molecule has 1 rings (SSSR count). The summed E-state index contributed by atoms with van der Waals surface area (Å²) in [7, 11) is 0. The SMILES string of the molecule is CCCCCC(C)(CCCCC)c1ccsc1C. The van der Waals surface area contributed by atoms with Gasteiger partial charge in [0.05, 0.1) is 0 Å². The lowest BCUT2D eigenvalue weighted by molar-refractivity contribution is 0.367. The maximum atomic E-state index is 2.49. The number of rotatable bonds is 9. The Morgan fingerprint density at radius 3 is 1.94 bits per heavy atom. The van der Waals surface area contributed by atoms with Crippen molar-refractivity contribution < 1.29 is 0 Å². The lowest BCUT2D eigenvalue weighted by atomic mass is 9.74. The Labute approximate surface area is 118 Å². The van der Waals surface area contributed by atoms with Crippen LogP contribution in [0.1, 0.15) is 82.6 Å². The average Bonchev–Trinajstić information content (AvgIpc) is 2.77. The van der Waals surface area contributed by atoms with Crippen molar-refractivity contribution >= 4 is 11.3 Å². The van der Waals surface area contributed by atoms with Crippen molar-refractivity contribution in [1.29, 1.82) is 0 Å². The molecule has 0 aliphatic rings. The quantitative estimate of drug-likeness (QED) is 0.449. The third-order valence-electron chi connectivity index (χ3n) is 4.17. The molecule has 0 aliphatic carbocycles. The fraction of sp³-hybridized carbons (Fsp3) is 0.765. The van der Waals surface area contributed by atoms with Crippen LogP contribution in [-0.4, -0.2) is 0 Å². The van der Waals surface area contributed by atoms with Crippen molar-refractivity contribution in [1.82, 2.24) is 0 Å². The Morgan fingerprint density at radius 2 is 1.56 bits per heavy atom. The van der Waals surface area contributed by atoms with Crippen molar-refractivity contribution in [3.05, 3.63) is 21.9 Å². The van der Waals surface area contributed by atoms with Crippen molar-refractivity contribution in [3.63, 3.8) is 0 Å². The Bertz CT molecular complexity index is 314. The van der Waals surface area contributed by atoms with Crippen molar-refractivity contribution in [2.45, 2.75) is 84.5 Å². The fourth-order valence-electron chi connectivity index (χ4n) is 2.94. The number of aryl methyl sites for hydroxylation is 1. The van der Waals surface area contributed by atoms with Crippen LogP contribution in [0.4, 0.5) is 0 Å². The molecule has 1 aromatic heterocycles. The minimum absolute atomic E-state index is 0.425. The first-order chi connectivity index (χ1) is 8.64. The second kappa shape index (κ2) is 7.99. The molecule has 104 valence electrons. The number of hydrogen-bond acceptors (Lipinski definition) is 1. The summed E-state index contributed by atoms with van der Waals surface area (Å²) in [6.07, 6.45) is 10.9. The molecule has 0 radical (unpaired) electrons. The molecule has 0 saturated heterocycles. The van der Waals surface area contributed by atoms with Gasteiger partial charge in [0, 0.05) is 4.88 Å². The molecule has 1 heteroatoms. The molecule has 18 heavy (non-hydrogen) atoms. The highest BCUT2D eigenvalue weighted by Gasteiger charge is 2.27. The fourth-order valence-corrected chi connectivity index (χ4v) is 3.79. The molecule has 0 fully saturated rings. The number of unbranched alkanes of at least 4 members (excludes halogenated alkanes) is 4. The predicted molar refractivity (Wildman–Crippen MR) is 84.7 cm³/mol. The molecule has 0 N–H and O–H groups in total. The maximum absolute atomic E-state index is 2.49. The molecule has 0 amide bonds. The molecule has 0 aliphatic heterocycles. The van der Waals surface area contributed by atoms with Crippen molar-refractivity contribution in [2.75, 3.05) is 0 Å². The highest BCUT2D eigenvalue weighted by molar-refractivity contribution is 7.10. The molecule has 0 bridgehead atoms. The van der Waals surface area contributed by atoms with Gasteiger partial charge < -0.3 is 0 Å². The molecule has 0 saturated carbocycles. The van der Waals surface area contributed by atoms with Crippen LogP contribution < -0.4 is 0 Å². The van der Waals surface area contributed by atoms with Crippen LogP contribution >= 0.6 is 11.3 Å². The smallest absolute Gasteiger partial charge is 0.00517 e. The summed E-state index contributed by atoms with van der Waals surface area (Å²) in [5.74, 6) is 0. The summed E-state index contributed by atoms with van der Waals surface area (Å²) in [5, 5.41) is 2.27. The standard InChI is InChI=1S/C17H30S/c1-5-7-9-12-17(4,13-10-8-6-2)16-11-14-18-15(16)3/h11,14H,5-10,12-13H2,1-4H3. The largest absolute Gasteiger partial charge is 0.149 e. The van der Waals surface area contributed by atoms with E-state index in [1.54, 1.807) is 5.56 Å². The van der Waals surface area contributed by atoms with Crippen LogP contribution in [0.3, 0.4) is 0 Å². The molecule has 0 spiro atoms. The van der Waals surface area contributed by atoms with Gasteiger partial charge in [-0.3, -0.25) is 0 Å². The van der Waals surface area contributed by atoms with Crippen LogP contribution in [-0.2, 0) is 5.41 Å². The van der Waals surface area contributed by atoms with Crippen LogP contribution in [0.25, 0.3) is 0 Å². The lowest BCUT2D eigenvalue weighted by Crippen LogP contribution is -2.22. The Morgan fingerprint density at radius 1 is 1.00 bits per heavy atom. The zero-order valence-corrected chi connectivity index (χ0v) is 13.5. The van der Waals surface area contributed by atoms with Gasteiger partial charge in [0.15, 0.2) is 0 Å². The summed E-state index contributed by atoms with van der Waals surface area (Å²) in [6.45, 7) is 9.37. The molecule has 0 nitrogen and oxygen atoms in total. The minimum Gasteiger partial charge on any atom is -0.149 e. The number of hydrogen-bond donors (Lipinski definition) is 0. The van der Waals surface area contributed by atoms with E-state index in [1.807, 2.05) is 11.3 Å². The second-order valence-electron chi connectivity index (χ2n) is 5.87. The van der Waals surface area contributed by atoms with E-state index in [0.717, 1.165) is 0 Å². The molecular weight excluding hydrogens is 236 g/mol. The topological polar surface area (TPSA) is 0 Å². The van der Waals surface area contributed by atoms with Crippen LogP contribution in [0.5, 0.6) is 0 Å². The van der Waals surface area contributed by atoms with Crippen LogP contribution in [0.2, 0.25) is 0 Å². The van der Waals surface area contributed by atoms with Gasteiger partial charge in [-0.15, -0.1) is 11.3 Å². The van der Waals surface area contributed by atoms with E-state index in [2.05, 4.69) is 39.1 Å². The van der Waals surface area contributed by atoms with Crippen LogP contribution in [0, 0.1) is 6.92 Å². The molecule has 0 aromatic carbocycles. The zero-order valence-electron chi connectivity index (χ0n) is 12.7. The first-order valence-corrected chi connectivity index (χ1v) is 8.56. The molecule has 0 unspecified atom stereocenters. The first kappa shape index (κ1) is 15.8. The number of thiophene rings is 1. The average molecular weight is 266 g/mol. The molecule has 1 heterocycles. The van der Waals surface area contributed by atoms with Crippen LogP contribution in [0.15, 0.2) is 11.4 Å². The van der Waals surface area contributed by atoms with Crippen molar-refractivity contribution in [2.24, 2.45) is 0 Å². The lowest BCUT2D eigenvalue weighted by Gasteiger charge is -2.30. The molecule has 1 aromatic rings. The van der Waals surface area contributed by atoms with Crippen molar-refractivity contribution in [3.8, 4) is 0 Å². The summed E-state index contributed by atoms with van der Waals surface area (Å²) in [5.41, 5.74) is 2.05. The van der Waals surface area contributed by atoms with Gasteiger partial charge in [-0.05, 0) is 42.2 Å². The molecule has 0 atom stereocenters. The highest BCUT2D eigenvalue weighted by Crippen LogP contribution is 2.38. The van der Waals surface area contributed by atoms with Gasteiger partial charge in [-0.25, -0.2) is 0 Å². The zero-order chi connectivity index (χ0) is 13.4. The van der Waals surface area contributed by atoms with E-state index in [9.17, 15) is 0 Å². The third kappa shape index (κ3) is 4.42. The normalized spacial score (nSPS) is 12.0. The van der Waals surface area contributed by atoms with E-state index >= 15 is 0 Å². The van der Waals surface area contributed by atoms with Gasteiger partial charge in [-0.2, -0.15) is 0 Å². The van der Waals surface area contributed by atoms with Gasteiger partial charge >= 0.3 is 0 Å². The van der Waals surface area contributed by atoms with E-state index in [1.165, 1.54) is 56.2 Å². The van der Waals surface area contributed by atoms with Gasteiger partial charge in [0.25, 0.3) is 0 Å². The second-order valence-corrected chi connectivity index (χ2v) is 6.99. The predicted octanol–water partition coefficient (Wildman–Crippen LogP) is 6.47. The van der Waals surface area contributed by atoms with E-state index < -0.39 is 0 Å². The summed E-state index contributed by atoms with van der Waals surface area (Å²) in [6, 6.07) is 2.37. The minimum atomic E-state index is 0.425. The van der Waals surface area contributed by atoms with Gasteiger partial charge in [-0.1, -0.05) is 59.3 Å². The Balaban J connectivity index is 2.70. The Hall–Kier alpha value is -0.300. The first-order valence-electron chi connectivity index (χ1n) is 7.68. The molecular formula is C17H30S. The summed E-state index contributed by atoms with van der Waals surface area (Å²) >= 11 is 1.91. The third-order valence-corrected chi connectivity index (χ3v) is 5.02. The van der Waals surface area contributed by atoms with Gasteiger partial charge in [0.1, 0.15) is 0 Å². The van der Waals surface area contributed by atoms with E-state index in [4.69, 9.17) is 0 Å². The monoisotopic (exact) mass is 266 g/mol. The maximum Gasteiger partial charge on any atom is 0.00517 e. The highest BCUT2D eigenvalue weighted by atomic mass is 32.1. The van der Waals surface area contributed by atoms with Gasteiger partial charge in [0.2, 0.25) is 0 Å². The summed E-state index contributed by atoms with van der Waals surface area (Å²) < 4.78 is 0. The Kier molecular flexibility index (Phi) is 6.99. The summed E-state index contributed by atoms with van der Waals surface area (Å²) in [4.78, 5) is 1.53. The van der Waals surface area contributed by atoms with E-state index in [-0.39, 0.29) is 0 Å². The van der Waals surface area contributed by atoms with E-state index in [0.29, 0.717) is 5.41 Å².